The third-order valence-electron chi connectivity index (χ3n) is 3.49. The van der Waals surface area contributed by atoms with Crippen LogP contribution in [0, 0.1) is 0 Å². The number of carbonyl (C=O) groups excluding carboxylic acids is 1. The minimum absolute atomic E-state index is 0.207. The molecule has 0 saturated heterocycles. The van der Waals surface area contributed by atoms with Crippen molar-refractivity contribution in [1.82, 2.24) is 0 Å². The van der Waals surface area contributed by atoms with E-state index in [0.717, 1.165) is 23.1 Å². The van der Waals surface area contributed by atoms with Gasteiger partial charge in [0.1, 0.15) is 0 Å². The lowest BCUT2D eigenvalue weighted by molar-refractivity contribution is -0.113. The van der Waals surface area contributed by atoms with Gasteiger partial charge >= 0.3 is 0 Å². The zero-order valence-corrected chi connectivity index (χ0v) is 11.3. The standard InChI is InChI=1S/C19H16O/c20-19-13-17(11-15-7-3-1-4-8-15)18(14-19)12-16-9-5-2-6-10-16/h1-11,14H,12-13H2/b17-11+. The van der Waals surface area contributed by atoms with Gasteiger partial charge in [0.2, 0.25) is 0 Å². The molecule has 1 aliphatic rings. The molecular weight excluding hydrogens is 244 g/mol. The highest BCUT2D eigenvalue weighted by Crippen LogP contribution is 2.27. The van der Waals surface area contributed by atoms with Crippen LogP contribution in [0.5, 0.6) is 0 Å². The van der Waals surface area contributed by atoms with Crippen molar-refractivity contribution < 1.29 is 4.79 Å². The Labute approximate surface area is 119 Å². The fourth-order valence-electron chi connectivity index (χ4n) is 2.51. The van der Waals surface area contributed by atoms with Gasteiger partial charge in [0.15, 0.2) is 5.78 Å². The van der Waals surface area contributed by atoms with Crippen LogP contribution in [0.2, 0.25) is 0 Å². The van der Waals surface area contributed by atoms with Gasteiger partial charge in [-0.3, -0.25) is 4.79 Å². The molecule has 2 aromatic carbocycles. The summed E-state index contributed by atoms with van der Waals surface area (Å²) in [6.07, 6.45) is 5.27. The highest BCUT2D eigenvalue weighted by molar-refractivity contribution is 5.98. The van der Waals surface area contributed by atoms with E-state index in [9.17, 15) is 4.79 Å². The Bertz CT molecular complexity index is 663. The predicted octanol–water partition coefficient (Wildman–Crippen LogP) is 4.21. The molecule has 0 saturated carbocycles. The fourth-order valence-corrected chi connectivity index (χ4v) is 2.51. The molecule has 20 heavy (non-hydrogen) atoms. The minimum atomic E-state index is 0.207. The van der Waals surface area contributed by atoms with E-state index in [4.69, 9.17) is 0 Å². The molecule has 0 N–H and O–H groups in total. The van der Waals surface area contributed by atoms with Gasteiger partial charge in [-0.1, -0.05) is 66.7 Å². The molecule has 0 aliphatic heterocycles. The zero-order valence-electron chi connectivity index (χ0n) is 11.3. The number of hydrogen-bond acceptors (Lipinski definition) is 1. The van der Waals surface area contributed by atoms with Crippen LogP contribution in [-0.4, -0.2) is 5.78 Å². The maximum atomic E-state index is 11.7. The van der Waals surface area contributed by atoms with Crippen molar-refractivity contribution in [1.29, 1.82) is 0 Å². The fraction of sp³-hybridized carbons (Fsp3) is 0.105. The second kappa shape index (κ2) is 5.70. The number of carbonyl (C=O) groups is 1. The van der Waals surface area contributed by atoms with E-state index in [0.29, 0.717) is 6.42 Å². The molecule has 3 rings (SSSR count). The summed E-state index contributed by atoms with van der Waals surface area (Å²) < 4.78 is 0. The van der Waals surface area contributed by atoms with Crippen molar-refractivity contribution in [2.24, 2.45) is 0 Å². The number of hydrogen-bond donors (Lipinski definition) is 0. The Morgan fingerprint density at radius 1 is 0.900 bits per heavy atom. The molecule has 0 bridgehead atoms. The van der Waals surface area contributed by atoms with Crippen molar-refractivity contribution in [2.75, 3.05) is 0 Å². The Hall–Kier alpha value is -2.41. The van der Waals surface area contributed by atoms with E-state index in [-0.39, 0.29) is 5.78 Å². The molecule has 2 aromatic rings. The third-order valence-corrected chi connectivity index (χ3v) is 3.49. The van der Waals surface area contributed by atoms with Gasteiger partial charge in [-0.2, -0.15) is 0 Å². The highest BCUT2D eigenvalue weighted by Gasteiger charge is 2.18. The van der Waals surface area contributed by atoms with Crippen molar-refractivity contribution >= 4 is 11.9 Å². The van der Waals surface area contributed by atoms with Crippen LogP contribution in [0.3, 0.4) is 0 Å². The van der Waals surface area contributed by atoms with Crippen LogP contribution in [0.4, 0.5) is 0 Å². The molecular formula is C19H16O. The Kier molecular flexibility index (Phi) is 3.60. The highest BCUT2D eigenvalue weighted by atomic mass is 16.1. The third kappa shape index (κ3) is 2.94. The number of rotatable bonds is 3. The van der Waals surface area contributed by atoms with Gasteiger partial charge in [-0.15, -0.1) is 0 Å². The first kappa shape index (κ1) is 12.6. The van der Waals surface area contributed by atoms with Gasteiger partial charge in [0.05, 0.1) is 0 Å². The van der Waals surface area contributed by atoms with Gasteiger partial charge in [-0.05, 0) is 34.8 Å². The first-order valence-corrected chi connectivity index (χ1v) is 6.84. The zero-order chi connectivity index (χ0) is 13.8. The summed E-state index contributed by atoms with van der Waals surface area (Å²) in [7, 11) is 0. The Morgan fingerprint density at radius 2 is 1.55 bits per heavy atom. The lowest BCUT2D eigenvalue weighted by Gasteiger charge is -2.06. The molecule has 1 nitrogen and oxygen atoms in total. The first-order valence-electron chi connectivity index (χ1n) is 6.84. The van der Waals surface area contributed by atoms with Gasteiger partial charge < -0.3 is 0 Å². The van der Waals surface area contributed by atoms with Gasteiger partial charge in [0, 0.05) is 6.42 Å². The van der Waals surface area contributed by atoms with Gasteiger partial charge in [0.25, 0.3) is 0 Å². The average molecular weight is 260 g/mol. The van der Waals surface area contributed by atoms with Crippen molar-refractivity contribution in [2.45, 2.75) is 12.8 Å². The minimum Gasteiger partial charge on any atom is -0.294 e. The van der Waals surface area contributed by atoms with Crippen molar-refractivity contribution in [3.8, 4) is 0 Å². The normalized spacial score (nSPS) is 16.5. The maximum Gasteiger partial charge on any atom is 0.160 e. The number of allylic oxidation sites excluding steroid dienone is 3. The maximum absolute atomic E-state index is 11.7. The van der Waals surface area contributed by atoms with E-state index in [1.807, 2.05) is 36.4 Å². The molecule has 0 spiro atoms. The molecule has 0 amide bonds. The Balaban J connectivity index is 1.87. The summed E-state index contributed by atoms with van der Waals surface area (Å²) in [5, 5.41) is 0. The summed E-state index contributed by atoms with van der Waals surface area (Å²) >= 11 is 0. The second-order valence-corrected chi connectivity index (χ2v) is 5.06. The summed E-state index contributed by atoms with van der Waals surface area (Å²) in [6.45, 7) is 0. The largest absolute Gasteiger partial charge is 0.294 e. The van der Waals surface area contributed by atoms with E-state index < -0.39 is 0 Å². The van der Waals surface area contributed by atoms with Crippen LogP contribution in [0.15, 0.2) is 77.9 Å². The number of benzene rings is 2. The summed E-state index contributed by atoms with van der Waals surface area (Å²) in [6, 6.07) is 20.5. The van der Waals surface area contributed by atoms with Crippen LogP contribution in [0.1, 0.15) is 17.5 Å². The monoisotopic (exact) mass is 260 g/mol. The lowest BCUT2D eigenvalue weighted by Crippen LogP contribution is -1.91. The topological polar surface area (TPSA) is 17.1 Å². The van der Waals surface area contributed by atoms with Crippen LogP contribution >= 0.6 is 0 Å². The van der Waals surface area contributed by atoms with Crippen molar-refractivity contribution in [3.05, 3.63) is 89.0 Å². The molecule has 0 aromatic heterocycles. The van der Waals surface area contributed by atoms with Crippen LogP contribution in [-0.2, 0) is 11.2 Å². The van der Waals surface area contributed by atoms with E-state index >= 15 is 0 Å². The Morgan fingerprint density at radius 3 is 2.25 bits per heavy atom. The number of ketones is 1. The molecule has 0 unspecified atom stereocenters. The quantitative estimate of drug-likeness (QED) is 0.808. The van der Waals surface area contributed by atoms with Gasteiger partial charge in [-0.25, -0.2) is 0 Å². The summed E-state index contributed by atoms with van der Waals surface area (Å²) in [5.41, 5.74) is 4.68. The smallest absolute Gasteiger partial charge is 0.160 e. The average Bonchev–Trinajstić information content (AvgIpc) is 2.81. The molecule has 0 radical (unpaired) electrons. The SMILES string of the molecule is O=C1C=C(Cc2ccccc2)/C(=C/c2ccccc2)C1. The first-order chi connectivity index (χ1) is 9.81. The van der Waals surface area contributed by atoms with E-state index in [1.165, 1.54) is 5.56 Å². The molecule has 1 aliphatic carbocycles. The predicted molar refractivity (Wildman–Crippen MR) is 82.3 cm³/mol. The molecule has 0 atom stereocenters. The second-order valence-electron chi connectivity index (χ2n) is 5.06. The lowest BCUT2D eigenvalue weighted by atomic mass is 9.99. The molecule has 1 heteroatoms. The summed E-state index contributed by atoms with van der Waals surface area (Å²) in [5.74, 6) is 0.207. The van der Waals surface area contributed by atoms with Crippen molar-refractivity contribution in [3.63, 3.8) is 0 Å². The van der Waals surface area contributed by atoms with Crippen LogP contribution in [0.25, 0.3) is 6.08 Å². The molecule has 0 fully saturated rings. The molecule has 0 heterocycles. The van der Waals surface area contributed by atoms with Crippen LogP contribution < -0.4 is 0 Å². The molecule has 98 valence electrons. The summed E-state index contributed by atoms with van der Waals surface area (Å²) in [4.78, 5) is 11.7. The van der Waals surface area contributed by atoms with E-state index in [2.05, 4.69) is 30.3 Å². The van der Waals surface area contributed by atoms with E-state index in [1.54, 1.807) is 6.08 Å².